The standard InChI is InChI=1S/C28H30ClN3O.2ClH/c1-2-32-25-14-8-6-12-23(25)28(27(32)33,22-10-4-3-5-11-22)16-17-30-18-20-31(21-19-30)26-15-9-7-13-24(26)29;;/h3-15H,2,16-21H2,1H3;2*1H. The fourth-order valence-electron chi connectivity index (χ4n) is 5.47. The second-order valence-electron chi connectivity index (χ2n) is 8.87. The number of piperazine rings is 1. The first-order valence-electron chi connectivity index (χ1n) is 11.8. The Morgan fingerprint density at radius 3 is 2.06 bits per heavy atom. The predicted molar refractivity (Wildman–Crippen MR) is 151 cm³/mol. The Bertz CT molecular complexity index is 1140. The summed E-state index contributed by atoms with van der Waals surface area (Å²) in [6.45, 7) is 7.42. The Labute approximate surface area is 225 Å². The SMILES string of the molecule is CCN1C(=O)C(CCN2CCN(c3ccccc3Cl)CC2)(c2ccccc2)c2ccccc21.Cl.Cl. The van der Waals surface area contributed by atoms with Crippen molar-refractivity contribution in [1.82, 2.24) is 4.90 Å². The van der Waals surface area contributed by atoms with Crippen molar-refractivity contribution >= 4 is 53.7 Å². The van der Waals surface area contributed by atoms with Crippen LogP contribution < -0.4 is 9.80 Å². The van der Waals surface area contributed by atoms with E-state index in [9.17, 15) is 4.79 Å². The number of hydrogen-bond donors (Lipinski definition) is 0. The third kappa shape index (κ3) is 4.90. The van der Waals surface area contributed by atoms with Gasteiger partial charge >= 0.3 is 0 Å². The van der Waals surface area contributed by atoms with Crippen molar-refractivity contribution in [3.05, 3.63) is 95.0 Å². The van der Waals surface area contributed by atoms with Crippen molar-refractivity contribution < 1.29 is 4.79 Å². The van der Waals surface area contributed by atoms with Crippen LogP contribution in [0.4, 0.5) is 11.4 Å². The zero-order chi connectivity index (χ0) is 22.8. The van der Waals surface area contributed by atoms with Crippen LogP contribution in [0.3, 0.4) is 0 Å². The molecule has 0 spiro atoms. The molecular formula is C28H32Cl3N3O. The van der Waals surface area contributed by atoms with Crippen LogP contribution in [0.25, 0.3) is 0 Å². The highest BCUT2D eigenvalue weighted by atomic mass is 35.5. The maximum atomic E-state index is 13.9. The van der Waals surface area contributed by atoms with Crippen molar-refractivity contribution in [2.45, 2.75) is 18.8 Å². The molecule has 1 atom stereocenters. The molecule has 1 fully saturated rings. The van der Waals surface area contributed by atoms with E-state index in [2.05, 4.69) is 53.1 Å². The van der Waals surface area contributed by atoms with E-state index < -0.39 is 5.41 Å². The second kappa shape index (κ2) is 11.7. The summed E-state index contributed by atoms with van der Waals surface area (Å²) in [7, 11) is 0. The number of halogens is 3. The molecule has 3 aromatic rings. The Morgan fingerprint density at radius 2 is 1.40 bits per heavy atom. The fraction of sp³-hybridized carbons (Fsp3) is 0.321. The number of carbonyl (C=O) groups excluding carboxylic acids is 1. The zero-order valence-corrected chi connectivity index (χ0v) is 22.3. The molecule has 5 rings (SSSR count). The summed E-state index contributed by atoms with van der Waals surface area (Å²) < 4.78 is 0. The molecule has 0 N–H and O–H groups in total. The van der Waals surface area contributed by atoms with Crippen LogP contribution >= 0.6 is 36.4 Å². The Balaban J connectivity index is 0.00000171. The van der Waals surface area contributed by atoms with Gasteiger partial charge in [-0.25, -0.2) is 0 Å². The first kappa shape index (κ1) is 27.3. The van der Waals surface area contributed by atoms with E-state index >= 15 is 0 Å². The van der Waals surface area contributed by atoms with Crippen LogP contribution in [0.15, 0.2) is 78.9 Å². The summed E-state index contributed by atoms with van der Waals surface area (Å²) in [5, 5.41) is 0.807. The molecule has 2 aliphatic rings. The average Bonchev–Trinajstić information content (AvgIpc) is 3.11. The van der Waals surface area contributed by atoms with Gasteiger partial charge in [-0.2, -0.15) is 0 Å². The molecule has 1 amide bonds. The molecule has 1 unspecified atom stereocenters. The van der Waals surface area contributed by atoms with Gasteiger partial charge in [0.15, 0.2) is 0 Å². The molecule has 0 saturated carbocycles. The second-order valence-corrected chi connectivity index (χ2v) is 9.28. The smallest absolute Gasteiger partial charge is 0.242 e. The third-order valence-electron chi connectivity index (χ3n) is 7.22. The minimum Gasteiger partial charge on any atom is -0.368 e. The molecule has 35 heavy (non-hydrogen) atoms. The third-order valence-corrected chi connectivity index (χ3v) is 7.54. The van der Waals surface area contributed by atoms with E-state index in [4.69, 9.17) is 11.6 Å². The van der Waals surface area contributed by atoms with Gasteiger partial charge in [0.2, 0.25) is 5.91 Å². The van der Waals surface area contributed by atoms with Gasteiger partial charge in [-0.05, 0) is 49.2 Å². The molecule has 2 heterocycles. The van der Waals surface area contributed by atoms with Crippen LogP contribution in [0.5, 0.6) is 0 Å². The van der Waals surface area contributed by atoms with E-state index in [0.29, 0.717) is 6.54 Å². The summed E-state index contributed by atoms with van der Waals surface area (Å²) >= 11 is 6.42. The van der Waals surface area contributed by atoms with Gasteiger partial charge in [-0.15, -0.1) is 24.8 Å². The van der Waals surface area contributed by atoms with Crippen molar-refractivity contribution in [2.24, 2.45) is 0 Å². The number of likely N-dealkylation sites (N-methyl/N-ethyl adjacent to an activating group) is 1. The molecule has 7 heteroatoms. The highest BCUT2D eigenvalue weighted by Crippen LogP contribution is 2.48. The number of hydrogen-bond acceptors (Lipinski definition) is 3. The summed E-state index contributed by atoms with van der Waals surface area (Å²) in [4.78, 5) is 20.8. The van der Waals surface area contributed by atoms with Gasteiger partial charge in [-0.1, -0.05) is 72.3 Å². The molecule has 4 nitrogen and oxygen atoms in total. The average molecular weight is 533 g/mol. The number of fused-ring (bicyclic) bond motifs is 1. The Kier molecular flexibility index (Phi) is 9.11. The quantitative estimate of drug-likeness (QED) is 0.387. The summed E-state index contributed by atoms with van der Waals surface area (Å²) in [6.07, 6.45) is 0.773. The summed E-state index contributed by atoms with van der Waals surface area (Å²) in [5.41, 5.74) is 3.76. The van der Waals surface area contributed by atoms with Gasteiger partial charge in [0.25, 0.3) is 0 Å². The summed E-state index contributed by atoms with van der Waals surface area (Å²) in [5.74, 6) is 0.201. The molecule has 0 aromatic heterocycles. The van der Waals surface area contributed by atoms with Gasteiger partial charge in [0.1, 0.15) is 5.41 Å². The molecule has 3 aromatic carbocycles. The molecule has 0 bridgehead atoms. The molecule has 2 aliphatic heterocycles. The van der Waals surface area contributed by atoms with E-state index in [1.165, 1.54) is 0 Å². The Hall–Kier alpha value is -2.24. The lowest BCUT2D eigenvalue weighted by molar-refractivity contribution is -0.122. The number of benzene rings is 3. The van der Waals surface area contributed by atoms with Crippen LogP contribution in [0, 0.1) is 0 Å². The van der Waals surface area contributed by atoms with Gasteiger partial charge in [0, 0.05) is 38.4 Å². The molecule has 0 radical (unpaired) electrons. The molecule has 0 aliphatic carbocycles. The number of amides is 1. The lowest BCUT2D eigenvalue weighted by atomic mass is 9.72. The Morgan fingerprint density at radius 1 is 0.800 bits per heavy atom. The van der Waals surface area contributed by atoms with Crippen LogP contribution in [-0.4, -0.2) is 50.1 Å². The van der Waals surface area contributed by atoms with Gasteiger partial charge in [0.05, 0.1) is 10.7 Å². The number of carbonyl (C=O) groups is 1. The zero-order valence-electron chi connectivity index (χ0n) is 19.9. The van der Waals surface area contributed by atoms with Crippen molar-refractivity contribution in [2.75, 3.05) is 49.1 Å². The van der Waals surface area contributed by atoms with Crippen molar-refractivity contribution in [1.29, 1.82) is 0 Å². The van der Waals surface area contributed by atoms with E-state index in [-0.39, 0.29) is 30.7 Å². The number of para-hydroxylation sites is 2. The molecule has 186 valence electrons. The van der Waals surface area contributed by atoms with Gasteiger partial charge < -0.3 is 9.80 Å². The van der Waals surface area contributed by atoms with Crippen molar-refractivity contribution in [3.63, 3.8) is 0 Å². The van der Waals surface area contributed by atoms with E-state index in [1.807, 2.05) is 47.4 Å². The van der Waals surface area contributed by atoms with Crippen LogP contribution in [0.2, 0.25) is 5.02 Å². The maximum Gasteiger partial charge on any atom is 0.242 e. The number of nitrogens with zero attached hydrogens (tertiary/aromatic N) is 3. The van der Waals surface area contributed by atoms with Gasteiger partial charge in [-0.3, -0.25) is 9.69 Å². The first-order chi connectivity index (χ1) is 16.1. The summed E-state index contributed by atoms with van der Waals surface area (Å²) in [6, 6.07) is 26.7. The van der Waals surface area contributed by atoms with Crippen molar-refractivity contribution in [3.8, 4) is 0 Å². The predicted octanol–water partition coefficient (Wildman–Crippen LogP) is 6.05. The lowest BCUT2D eigenvalue weighted by Gasteiger charge is -2.38. The lowest BCUT2D eigenvalue weighted by Crippen LogP contribution is -2.49. The number of anilines is 2. The monoisotopic (exact) mass is 531 g/mol. The highest BCUT2D eigenvalue weighted by Gasteiger charge is 2.51. The molecular weight excluding hydrogens is 501 g/mol. The minimum absolute atomic E-state index is 0. The van der Waals surface area contributed by atoms with Crippen LogP contribution in [-0.2, 0) is 10.2 Å². The normalized spacial score (nSPS) is 19.7. The first-order valence-corrected chi connectivity index (χ1v) is 12.2. The minimum atomic E-state index is -0.631. The topological polar surface area (TPSA) is 26.8 Å². The maximum absolute atomic E-state index is 13.9. The fourth-order valence-corrected chi connectivity index (χ4v) is 5.73. The van der Waals surface area contributed by atoms with E-state index in [1.54, 1.807) is 0 Å². The molecule has 1 saturated heterocycles. The largest absolute Gasteiger partial charge is 0.368 e. The van der Waals surface area contributed by atoms with Crippen LogP contribution in [0.1, 0.15) is 24.5 Å². The highest BCUT2D eigenvalue weighted by molar-refractivity contribution is 6.33. The number of rotatable bonds is 6. The van der Waals surface area contributed by atoms with E-state index in [0.717, 1.165) is 66.7 Å².